The molecule has 0 radical (unpaired) electrons. The number of aromatic nitrogens is 1. The van der Waals surface area contributed by atoms with Crippen LogP contribution in [0.1, 0.15) is 23.2 Å². The van der Waals surface area contributed by atoms with Crippen LogP contribution in [0.2, 0.25) is 0 Å². The minimum absolute atomic E-state index is 0.181. The fourth-order valence-corrected chi connectivity index (χ4v) is 3.26. The lowest BCUT2D eigenvalue weighted by Crippen LogP contribution is -2.43. The second kappa shape index (κ2) is 4.75. The summed E-state index contributed by atoms with van der Waals surface area (Å²) in [5.41, 5.74) is 12.2. The fraction of sp³-hybridized carbons (Fsp3) is 0.308. The SMILES string of the molecule is NC(=O)[C@@H]1CCCN1C(=O)c1ccc2sc(N)nc2c1. The van der Waals surface area contributed by atoms with E-state index in [9.17, 15) is 9.59 Å². The van der Waals surface area contributed by atoms with Gasteiger partial charge in [0.25, 0.3) is 5.91 Å². The van der Waals surface area contributed by atoms with Gasteiger partial charge in [0.15, 0.2) is 5.13 Å². The number of hydrogen-bond acceptors (Lipinski definition) is 5. The van der Waals surface area contributed by atoms with Gasteiger partial charge < -0.3 is 16.4 Å². The third kappa shape index (κ3) is 2.09. The van der Waals surface area contributed by atoms with Crippen LogP contribution in [0, 0.1) is 0 Å². The summed E-state index contributed by atoms with van der Waals surface area (Å²) in [5.74, 6) is -0.630. The number of benzene rings is 1. The number of nitrogens with zero attached hydrogens (tertiary/aromatic N) is 2. The number of amides is 2. The number of fused-ring (bicyclic) bond motifs is 1. The van der Waals surface area contributed by atoms with Gasteiger partial charge >= 0.3 is 0 Å². The van der Waals surface area contributed by atoms with Gasteiger partial charge in [-0.3, -0.25) is 9.59 Å². The standard InChI is InChI=1S/C13H14N4O2S/c14-11(18)9-2-1-5-17(9)12(19)7-3-4-10-8(6-7)16-13(15)20-10/h3-4,6,9H,1-2,5H2,(H2,14,18)(H2,15,16)/t9-/m0/s1. The highest BCUT2D eigenvalue weighted by atomic mass is 32.1. The van der Waals surface area contributed by atoms with Crippen molar-refractivity contribution in [1.29, 1.82) is 0 Å². The molecule has 1 aromatic carbocycles. The molecule has 0 saturated carbocycles. The van der Waals surface area contributed by atoms with Gasteiger partial charge in [0, 0.05) is 12.1 Å². The number of primary amides is 1. The smallest absolute Gasteiger partial charge is 0.254 e. The van der Waals surface area contributed by atoms with Crippen LogP contribution in [0.4, 0.5) is 5.13 Å². The number of thiazole rings is 1. The summed E-state index contributed by atoms with van der Waals surface area (Å²) in [6.45, 7) is 0.559. The average Bonchev–Trinajstić information content (AvgIpc) is 3.01. The number of nitrogen functional groups attached to an aromatic ring is 1. The highest BCUT2D eigenvalue weighted by Gasteiger charge is 2.33. The molecule has 0 spiro atoms. The van der Waals surface area contributed by atoms with Crippen LogP contribution in [0.25, 0.3) is 10.2 Å². The molecule has 1 aliphatic rings. The van der Waals surface area contributed by atoms with E-state index in [-0.39, 0.29) is 5.91 Å². The summed E-state index contributed by atoms with van der Waals surface area (Å²) in [7, 11) is 0. The van der Waals surface area contributed by atoms with E-state index in [4.69, 9.17) is 11.5 Å². The van der Waals surface area contributed by atoms with Crippen LogP contribution in [0.5, 0.6) is 0 Å². The zero-order chi connectivity index (χ0) is 14.3. The molecule has 1 aliphatic heterocycles. The highest BCUT2D eigenvalue weighted by Crippen LogP contribution is 2.26. The van der Waals surface area contributed by atoms with Crippen LogP contribution in [0.15, 0.2) is 18.2 Å². The predicted molar refractivity (Wildman–Crippen MR) is 77.3 cm³/mol. The van der Waals surface area contributed by atoms with Crippen molar-refractivity contribution in [2.24, 2.45) is 5.73 Å². The maximum absolute atomic E-state index is 12.5. The molecule has 0 bridgehead atoms. The Labute approximate surface area is 119 Å². The van der Waals surface area contributed by atoms with Crippen LogP contribution >= 0.6 is 11.3 Å². The number of anilines is 1. The molecule has 20 heavy (non-hydrogen) atoms. The number of nitrogens with two attached hydrogens (primary N) is 2. The van der Waals surface area contributed by atoms with Crippen molar-refractivity contribution in [3.05, 3.63) is 23.8 Å². The van der Waals surface area contributed by atoms with Crippen LogP contribution in [-0.4, -0.2) is 34.3 Å². The van der Waals surface area contributed by atoms with Gasteiger partial charge in [-0.25, -0.2) is 4.98 Å². The Morgan fingerprint density at radius 3 is 2.95 bits per heavy atom. The number of carbonyl (C=O) groups excluding carboxylic acids is 2. The van der Waals surface area contributed by atoms with Crippen LogP contribution in [-0.2, 0) is 4.79 Å². The summed E-state index contributed by atoms with van der Waals surface area (Å²) < 4.78 is 0.937. The van der Waals surface area contributed by atoms with Gasteiger partial charge in [-0.15, -0.1) is 0 Å². The van der Waals surface area contributed by atoms with E-state index >= 15 is 0 Å². The van der Waals surface area contributed by atoms with Crippen molar-refractivity contribution >= 4 is 38.5 Å². The first-order valence-corrected chi connectivity index (χ1v) is 7.14. The summed E-state index contributed by atoms with van der Waals surface area (Å²) in [5, 5.41) is 0.473. The molecule has 7 heteroatoms. The van der Waals surface area contributed by atoms with Crippen LogP contribution < -0.4 is 11.5 Å². The first-order chi connectivity index (χ1) is 9.56. The lowest BCUT2D eigenvalue weighted by molar-refractivity contribution is -0.121. The van der Waals surface area contributed by atoms with Crippen LogP contribution in [0.3, 0.4) is 0 Å². The first kappa shape index (κ1) is 12.9. The summed E-state index contributed by atoms with van der Waals surface area (Å²) in [6.07, 6.45) is 1.43. The zero-order valence-electron chi connectivity index (χ0n) is 10.7. The molecule has 0 aliphatic carbocycles. The highest BCUT2D eigenvalue weighted by molar-refractivity contribution is 7.22. The number of carbonyl (C=O) groups is 2. The maximum atomic E-state index is 12.5. The first-order valence-electron chi connectivity index (χ1n) is 6.32. The quantitative estimate of drug-likeness (QED) is 0.860. The van der Waals surface area contributed by atoms with Crippen molar-refractivity contribution in [3.8, 4) is 0 Å². The average molecular weight is 290 g/mol. The Balaban J connectivity index is 1.93. The Morgan fingerprint density at radius 2 is 2.20 bits per heavy atom. The van der Waals surface area contributed by atoms with Crippen molar-refractivity contribution in [2.45, 2.75) is 18.9 Å². The molecular weight excluding hydrogens is 276 g/mol. The molecule has 2 amide bonds. The van der Waals surface area contributed by atoms with Crippen molar-refractivity contribution < 1.29 is 9.59 Å². The number of likely N-dealkylation sites (tertiary alicyclic amines) is 1. The van der Waals surface area contributed by atoms with Crippen molar-refractivity contribution in [3.63, 3.8) is 0 Å². The predicted octanol–water partition coefficient (Wildman–Crippen LogP) is 0.968. The number of rotatable bonds is 2. The van der Waals surface area contributed by atoms with E-state index in [0.717, 1.165) is 11.1 Å². The molecule has 4 N–H and O–H groups in total. The molecule has 104 valence electrons. The summed E-state index contributed by atoms with van der Waals surface area (Å²) in [4.78, 5) is 29.6. The summed E-state index contributed by atoms with van der Waals surface area (Å²) in [6, 6.07) is 4.77. The molecule has 6 nitrogen and oxygen atoms in total. The molecule has 1 saturated heterocycles. The second-order valence-corrected chi connectivity index (χ2v) is 5.86. The lowest BCUT2D eigenvalue weighted by Gasteiger charge is -2.22. The minimum Gasteiger partial charge on any atom is -0.375 e. The Bertz CT molecular complexity index is 697. The van der Waals surface area contributed by atoms with E-state index < -0.39 is 11.9 Å². The molecular formula is C13H14N4O2S. The van der Waals surface area contributed by atoms with E-state index in [1.807, 2.05) is 6.07 Å². The van der Waals surface area contributed by atoms with Gasteiger partial charge in [0.1, 0.15) is 6.04 Å². The lowest BCUT2D eigenvalue weighted by atomic mass is 10.1. The van der Waals surface area contributed by atoms with E-state index in [2.05, 4.69) is 4.98 Å². The normalized spacial score (nSPS) is 18.6. The number of hydrogen-bond donors (Lipinski definition) is 2. The van der Waals surface area contributed by atoms with Gasteiger partial charge in [0.2, 0.25) is 5.91 Å². The summed E-state index contributed by atoms with van der Waals surface area (Å²) >= 11 is 1.38. The Hall–Kier alpha value is -2.15. The third-order valence-corrected chi connectivity index (χ3v) is 4.36. The van der Waals surface area contributed by atoms with Gasteiger partial charge in [-0.1, -0.05) is 11.3 Å². The monoisotopic (exact) mass is 290 g/mol. The third-order valence-electron chi connectivity index (χ3n) is 3.49. The second-order valence-electron chi connectivity index (χ2n) is 4.79. The zero-order valence-corrected chi connectivity index (χ0v) is 11.5. The van der Waals surface area contributed by atoms with E-state index in [1.54, 1.807) is 17.0 Å². The fourth-order valence-electron chi connectivity index (χ4n) is 2.55. The minimum atomic E-state index is -0.501. The van der Waals surface area contributed by atoms with Gasteiger partial charge in [-0.05, 0) is 31.0 Å². The van der Waals surface area contributed by atoms with Crippen molar-refractivity contribution in [2.75, 3.05) is 12.3 Å². The van der Waals surface area contributed by atoms with Gasteiger partial charge in [-0.2, -0.15) is 0 Å². The molecule has 1 atom stereocenters. The van der Waals surface area contributed by atoms with E-state index in [1.165, 1.54) is 11.3 Å². The molecule has 3 rings (SSSR count). The molecule has 1 aromatic heterocycles. The largest absolute Gasteiger partial charge is 0.375 e. The van der Waals surface area contributed by atoms with Crippen molar-refractivity contribution in [1.82, 2.24) is 9.88 Å². The Morgan fingerprint density at radius 1 is 1.40 bits per heavy atom. The molecule has 1 fully saturated rings. The van der Waals surface area contributed by atoms with E-state index in [0.29, 0.717) is 29.2 Å². The topological polar surface area (TPSA) is 102 Å². The Kier molecular flexibility index (Phi) is 3.06. The maximum Gasteiger partial charge on any atom is 0.254 e. The molecule has 2 aromatic rings. The molecule has 2 heterocycles. The van der Waals surface area contributed by atoms with Gasteiger partial charge in [0.05, 0.1) is 10.2 Å². The molecule has 0 unspecified atom stereocenters.